The lowest BCUT2D eigenvalue weighted by Gasteiger charge is -2.07. The fourth-order valence-corrected chi connectivity index (χ4v) is 2.72. The number of nitro groups is 1. The van der Waals surface area contributed by atoms with Crippen LogP contribution in [0, 0.1) is 21.7 Å². The van der Waals surface area contributed by atoms with Gasteiger partial charge in [-0.3, -0.25) is 30.6 Å². The first-order chi connectivity index (χ1) is 12.4. The summed E-state index contributed by atoms with van der Waals surface area (Å²) in [7, 11) is 0. The number of benzene rings is 2. The quantitative estimate of drug-likeness (QED) is 0.455. The summed E-state index contributed by atoms with van der Waals surface area (Å²) >= 11 is 1.15. The maximum absolute atomic E-state index is 13.1. The molecule has 136 valence electrons. The van der Waals surface area contributed by atoms with Crippen LogP contribution in [0.3, 0.4) is 0 Å². The number of carbonyl (C=O) groups excluding carboxylic acids is 2. The molecule has 0 saturated heterocycles. The number of carbonyl (C=O) groups is 2. The predicted octanol–water partition coefficient (Wildman–Crippen LogP) is 2.82. The zero-order chi connectivity index (χ0) is 19.1. The van der Waals surface area contributed by atoms with Gasteiger partial charge in [-0.15, -0.1) is 11.8 Å². The van der Waals surface area contributed by atoms with Crippen LogP contribution < -0.4 is 10.9 Å². The van der Waals surface area contributed by atoms with E-state index >= 15 is 0 Å². The molecule has 2 aromatic rings. The second kappa shape index (κ2) is 8.90. The van der Waals surface area contributed by atoms with Gasteiger partial charge in [0.2, 0.25) is 5.91 Å². The number of non-ortho nitro benzene ring substituents is 1. The number of hydrazine groups is 1. The van der Waals surface area contributed by atoms with Crippen molar-refractivity contribution >= 4 is 29.3 Å². The molecule has 2 amide bonds. The van der Waals surface area contributed by atoms with Crippen molar-refractivity contribution in [3.63, 3.8) is 0 Å². The molecule has 0 unspecified atom stereocenters. The summed E-state index contributed by atoms with van der Waals surface area (Å²) in [5, 5.41) is 10.7. The zero-order valence-electron chi connectivity index (χ0n) is 13.2. The van der Waals surface area contributed by atoms with Crippen molar-refractivity contribution in [3.05, 3.63) is 69.8 Å². The molecule has 0 atom stereocenters. The highest BCUT2D eigenvalue weighted by Crippen LogP contribution is 2.20. The van der Waals surface area contributed by atoms with Gasteiger partial charge in [0.05, 0.1) is 4.92 Å². The Hall–Kier alpha value is -3.01. The lowest BCUT2D eigenvalue weighted by atomic mass is 10.2. The van der Waals surface area contributed by atoms with E-state index in [0.29, 0.717) is 4.90 Å². The maximum atomic E-state index is 13.1. The number of nitrogens with zero attached hydrogens (tertiary/aromatic N) is 1. The number of thioether (sulfide) groups is 1. The van der Waals surface area contributed by atoms with Crippen molar-refractivity contribution in [2.75, 3.05) is 5.75 Å². The van der Waals surface area contributed by atoms with Crippen LogP contribution in [0.5, 0.6) is 0 Å². The van der Waals surface area contributed by atoms with E-state index in [1.54, 1.807) is 0 Å². The summed E-state index contributed by atoms with van der Waals surface area (Å²) in [6.07, 6.45) is 0.0128. The first-order valence-corrected chi connectivity index (χ1v) is 8.27. The summed E-state index contributed by atoms with van der Waals surface area (Å²) in [5.41, 5.74) is 4.11. The number of amides is 2. The summed E-state index contributed by atoms with van der Waals surface area (Å²) in [5.74, 6) is -2.84. The van der Waals surface area contributed by atoms with Gasteiger partial charge in [-0.05, 0) is 24.3 Å². The highest BCUT2D eigenvalue weighted by Gasteiger charge is 2.12. The van der Waals surface area contributed by atoms with E-state index in [-0.39, 0.29) is 23.4 Å². The van der Waals surface area contributed by atoms with Crippen molar-refractivity contribution < 1.29 is 23.3 Å². The highest BCUT2D eigenvalue weighted by atomic mass is 32.2. The molecule has 0 bridgehead atoms. The van der Waals surface area contributed by atoms with Gasteiger partial charge >= 0.3 is 0 Å². The van der Waals surface area contributed by atoms with Crippen LogP contribution in [-0.2, 0) is 4.79 Å². The minimum absolute atomic E-state index is 0.0128. The van der Waals surface area contributed by atoms with Gasteiger partial charge in [0, 0.05) is 34.8 Å². The Kier molecular flexibility index (Phi) is 6.61. The zero-order valence-corrected chi connectivity index (χ0v) is 14.0. The van der Waals surface area contributed by atoms with Crippen molar-refractivity contribution in [3.8, 4) is 0 Å². The average Bonchev–Trinajstić information content (AvgIpc) is 2.62. The molecule has 0 spiro atoms. The van der Waals surface area contributed by atoms with Crippen LogP contribution in [0.1, 0.15) is 16.8 Å². The lowest BCUT2D eigenvalue weighted by Crippen LogP contribution is -2.41. The maximum Gasteiger partial charge on any atom is 0.270 e. The van der Waals surface area contributed by atoms with E-state index in [0.717, 1.165) is 30.0 Å². The number of halogens is 2. The first kappa shape index (κ1) is 19.3. The van der Waals surface area contributed by atoms with E-state index in [9.17, 15) is 28.5 Å². The lowest BCUT2D eigenvalue weighted by molar-refractivity contribution is -0.384. The first-order valence-electron chi connectivity index (χ1n) is 7.28. The molecule has 0 radical (unpaired) electrons. The Labute approximate surface area is 150 Å². The van der Waals surface area contributed by atoms with E-state index < -0.39 is 28.4 Å². The minimum Gasteiger partial charge on any atom is -0.273 e. The Morgan fingerprint density at radius 1 is 1.08 bits per heavy atom. The third-order valence-corrected chi connectivity index (χ3v) is 4.12. The van der Waals surface area contributed by atoms with Crippen molar-refractivity contribution in [2.45, 2.75) is 11.3 Å². The van der Waals surface area contributed by atoms with Gasteiger partial charge in [-0.1, -0.05) is 6.07 Å². The Morgan fingerprint density at radius 2 is 1.85 bits per heavy atom. The monoisotopic (exact) mass is 381 g/mol. The molecule has 0 aliphatic carbocycles. The molecule has 0 aromatic heterocycles. The molecule has 2 rings (SSSR count). The molecule has 2 aromatic carbocycles. The standard InChI is InChI=1S/C16H13F2N3O4S/c17-13-5-4-12(9-14(13)18)26-7-6-15(22)19-20-16(23)10-2-1-3-11(8-10)21(24)25/h1-5,8-9H,6-7H2,(H,19,22)(H,20,23). The van der Waals surface area contributed by atoms with Crippen LogP contribution in [0.2, 0.25) is 0 Å². The number of nitro benzene ring substituents is 1. The Bertz CT molecular complexity index is 848. The van der Waals surface area contributed by atoms with Crippen LogP contribution in [-0.4, -0.2) is 22.5 Å². The summed E-state index contributed by atoms with van der Waals surface area (Å²) in [4.78, 5) is 34.1. The fourth-order valence-electron chi connectivity index (χ4n) is 1.85. The largest absolute Gasteiger partial charge is 0.273 e. The highest BCUT2D eigenvalue weighted by molar-refractivity contribution is 7.99. The van der Waals surface area contributed by atoms with Crippen LogP contribution >= 0.6 is 11.8 Å². The molecular weight excluding hydrogens is 368 g/mol. The van der Waals surface area contributed by atoms with E-state index in [1.807, 2.05) is 0 Å². The predicted molar refractivity (Wildman–Crippen MR) is 90.4 cm³/mol. The minimum atomic E-state index is -0.969. The Balaban J connectivity index is 1.77. The van der Waals surface area contributed by atoms with Gasteiger partial charge in [-0.25, -0.2) is 8.78 Å². The number of hydrogen-bond donors (Lipinski definition) is 2. The van der Waals surface area contributed by atoms with Gasteiger partial charge < -0.3 is 0 Å². The van der Waals surface area contributed by atoms with Crippen LogP contribution in [0.15, 0.2) is 47.4 Å². The summed E-state index contributed by atoms with van der Waals surface area (Å²) < 4.78 is 25.9. The van der Waals surface area contributed by atoms with Gasteiger partial charge in [0.1, 0.15) is 0 Å². The molecule has 2 N–H and O–H groups in total. The molecule has 26 heavy (non-hydrogen) atoms. The third kappa shape index (κ3) is 5.52. The summed E-state index contributed by atoms with van der Waals surface area (Å²) in [6.45, 7) is 0. The van der Waals surface area contributed by atoms with E-state index in [1.165, 1.54) is 24.3 Å². The van der Waals surface area contributed by atoms with E-state index in [2.05, 4.69) is 10.9 Å². The number of nitrogens with one attached hydrogen (secondary N) is 2. The second-order valence-corrected chi connectivity index (χ2v) is 6.15. The molecular formula is C16H13F2N3O4S. The SMILES string of the molecule is O=C(CCSc1ccc(F)c(F)c1)NNC(=O)c1cccc([N+](=O)[O-])c1. The molecule has 10 heteroatoms. The summed E-state index contributed by atoms with van der Waals surface area (Å²) in [6, 6.07) is 8.47. The van der Waals surface area contributed by atoms with Crippen LogP contribution in [0.4, 0.5) is 14.5 Å². The molecule has 0 fully saturated rings. The van der Waals surface area contributed by atoms with Crippen molar-refractivity contribution in [1.29, 1.82) is 0 Å². The number of hydrogen-bond acceptors (Lipinski definition) is 5. The Morgan fingerprint density at radius 3 is 2.54 bits per heavy atom. The fraction of sp³-hybridized carbons (Fsp3) is 0.125. The van der Waals surface area contributed by atoms with Gasteiger partial charge in [0.25, 0.3) is 11.6 Å². The van der Waals surface area contributed by atoms with E-state index in [4.69, 9.17) is 0 Å². The molecule has 0 aliphatic heterocycles. The smallest absolute Gasteiger partial charge is 0.270 e. The third-order valence-electron chi connectivity index (χ3n) is 3.12. The molecule has 0 heterocycles. The average molecular weight is 381 g/mol. The topological polar surface area (TPSA) is 101 Å². The van der Waals surface area contributed by atoms with Gasteiger partial charge in [0.15, 0.2) is 11.6 Å². The van der Waals surface area contributed by atoms with Crippen LogP contribution in [0.25, 0.3) is 0 Å². The van der Waals surface area contributed by atoms with Crippen molar-refractivity contribution in [2.24, 2.45) is 0 Å². The van der Waals surface area contributed by atoms with Gasteiger partial charge in [-0.2, -0.15) is 0 Å². The normalized spacial score (nSPS) is 10.2. The van der Waals surface area contributed by atoms with Crippen molar-refractivity contribution in [1.82, 2.24) is 10.9 Å². The molecule has 7 nitrogen and oxygen atoms in total. The number of rotatable bonds is 6. The molecule has 0 aliphatic rings. The second-order valence-electron chi connectivity index (χ2n) is 4.98. The molecule has 0 saturated carbocycles.